The molecule has 2 amide bonds. The van der Waals surface area contributed by atoms with Gasteiger partial charge >= 0.3 is 11.4 Å². The normalized spacial score (nSPS) is 24.4. The Morgan fingerprint density at radius 2 is 1.60 bits per heavy atom. The first-order chi connectivity index (χ1) is 20.6. The predicted octanol–water partition coefficient (Wildman–Crippen LogP) is 4.12. The number of aryl methyl sites for hydroxylation is 2. The van der Waals surface area contributed by atoms with Gasteiger partial charge in [-0.05, 0) is 66.3 Å². The zero-order valence-corrected chi connectivity index (χ0v) is 24.6. The van der Waals surface area contributed by atoms with E-state index in [1.807, 2.05) is 48.5 Å². The second kappa shape index (κ2) is 9.44. The van der Waals surface area contributed by atoms with E-state index in [0.717, 1.165) is 15.7 Å². The van der Waals surface area contributed by atoms with E-state index in [0.29, 0.717) is 27.4 Å². The molecule has 4 unspecified atom stereocenters. The topological polar surface area (TPSA) is 107 Å². The lowest BCUT2D eigenvalue weighted by atomic mass is 9.53. The van der Waals surface area contributed by atoms with E-state index in [1.165, 1.54) is 21.3 Å². The highest BCUT2D eigenvalue weighted by atomic mass is 35.5. The van der Waals surface area contributed by atoms with Crippen LogP contribution in [0.4, 0.5) is 5.69 Å². The van der Waals surface area contributed by atoms with Crippen molar-refractivity contribution in [1.82, 2.24) is 13.9 Å². The lowest BCUT2D eigenvalue weighted by Crippen LogP contribution is -2.53. The minimum atomic E-state index is -1.38. The monoisotopic (exact) mass is 596 g/mol. The number of nitrogens with zero attached hydrogens (tertiary/aromatic N) is 4. The fourth-order valence-corrected chi connectivity index (χ4v) is 7.83. The average molecular weight is 597 g/mol. The van der Waals surface area contributed by atoms with Crippen LogP contribution < -0.4 is 16.3 Å². The number of benzene rings is 3. The summed E-state index contributed by atoms with van der Waals surface area (Å²) in [4.78, 5) is 57.4. The quantitative estimate of drug-likeness (QED) is 0.283. The molecule has 9 nitrogen and oxygen atoms in total. The number of phenols is 1. The van der Waals surface area contributed by atoms with Crippen LogP contribution in [0.2, 0.25) is 5.02 Å². The lowest BCUT2D eigenvalue weighted by Gasteiger charge is -2.49. The van der Waals surface area contributed by atoms with Gasteiger partial charge in [-0.2, -0.15) is 0 Å². The summed E-state index contributed by atoms with van der Waals surface area (Å²) in [6.07, 6.45) is 2.06. The van der Waals surface area contributed by atoms with Crippen molar-refractivity contribution < 1.29 is 14.7 Å². The molecule has 3 heterocycles. The maximum atomic E-state index is 15.1. The molecular formula is C33H29ClN4O5. The number of imide groups is 1. The highest BCUT2D eigenvalue weighted by molar-refractivity contribution is 6.32. The Hall–Kier alpha value is -4.63. The molecule has 43 heavy (non-hydrogen) atoms. The zero-order chi connectivity index (χ0) is 30.4. The summed E-state index contributed by atoms with van der Waals surface area (Å²) in [6.45, 7) is 3.74. The van der Waals surface area contributed by atoms with Crippen LogP contribution in [0.3, 0.4) is 0 Å². The second-order valence-corrected chi connectivity index (χ2v) is 12.1. The SMILES string of the molecule is Cc1cc(C2C3=CCn4c(=O)n(C)c(=O)n4C3CC3C(=O)N(c4cccc(Cl)c4)C(=O)C32c2ccccc2)cc(C)c1O. The van der Waals surface area contributed by atoms with Gasteiger partial charge in [0.1, 0.15) is 5.75 Å². The summed E-state index contributed by atoms with van der Waals surface area (Å²) < 4.78 is 3.91. The number of fused-ring (bicyclic) bond motifs is 4. The minimum Gasteiger partial charge on any atom is -0.507 e. The lowest BCUT2D eigenvalue weighted by molar-refractivity contribution is -0.124. The van der Waals surface area contributed by atoms with Crippen molar-refractivity contribution in [2.75, 3.05) is 4.90 Å². The van der Waals surface area contributed by atoms with E-state index in [2.05, 4.69) is 0 Å². The molecule has 0 spiro atoms. The number of carbonyl (C=O) groups excluding carboxylic acids is 2. The summed E-state index contributed by atoms with van der Waals surface area (Å²) in [5, 5.41) is 11.1. The van der Waals surface area contributed by atoms with Crippen molar-refractivity contribution in [3.8, 4) is 5.75 Å². The fourth-order valence-electron chi connectivity index (χ4n) is 7.65. The van der Waals surface area contributed by atoms with E-state index >= 15 is 4.79 Å². The number of rotatable bonds is 3. The van der Waals surface area contributed by atoms with E-state index in [9.17, 15) is 19.5 Å². The molecule has 2 aliphatic heterocycles. The molecule has 1 aliphatic carbocycles. The molecule has 1 aromatic heterocycles. The molecule has 1 N–H and O–H groups in total. The number of aromatic hydroxyl groups is 1. The molecule has 1 saturated carbocycles. The van der Waals surface area contributed by atoms with Crippen LogP contribution in [-0.4, -0.2) is 30.9 Å². The average Bonchev–Trinajstić information content (AvgIpc) is 3.36. The number of phenolic OH excluding ortho intramolecular Hbond substituents is 1. The van der Waals surface area contributed by atoms with Gasteiger partial charge in [-0.15, -0.1) is 0 Å². The molecular weight excluding hydrogens is 568 g/mol. The summed E-state index contributed by atoms with van der Waals surface area (Å²) >= 11 is 6.33. The molecule has 2 fully saturated rings. The van der Waals surface area contributed by atoms with Gasteiger partial charge in [-0.1, -0.05) is 66.2 Å². The standard InChI is InChI=1S/C33H29ClN4O5/c1-18-14-20(15-19(2)28(18)39)27-24-12-13-36-31(42)35(3)32(43)38(36)26(24)17-25-29(40)37(23-11-7-10-22(34)16-23)30(41)33(25,27)21-8-5-4-6-9-21/h4-12,14-16,25-27,39H,13,17H2,1-3H3. The zero-order valence-electron chi connectivity index (χ0n) is 23.8. The Morgan fingerprint density at radius 3 is 2.28 bits per heavy atom. The molecule has 3 aliphatic rings. The summed E-state index contributed by atoms with van der Waals surface area (Å²) in [7, 11) is 1.44. The minimum absolute atomic E-state index is 0.137. The smallest absolute Gasteiger partial charge is 0.347 e. The van der Waals surface area contributed by atoms with E-state index in [-0.39, 0.29) is 24.6 Å². The largest absolute Gasteiger partial charge is 0.507 e. The first-order valence-corrected chi connectivity index (χ1v) is 14.5. The highest BCUT2D eigenvalue weighted by Gasteiger charge is 2.68. The van der Waals surface area contributed by atoms with Gasteiger partial charge in [0.25, 0.3) is 0 Å². The second-order valence-electron chi connectivity index (χ2n) is 11.7. The number of hydrogen-bond acceptors (Lipinski definition) is 5. The predicted molar refractivity (Wildman–Crippen MR) is 162 cm³/mol. The fraction of sp³-hybridized carbons (Fsp3) is 0.273. The number of carbonyl (C=O) groups is 2. The van der Waals surface area contributed by atoms with Gasteiger partial charge in [0.15, 0.2) is 0 Å². The molecule has 7 rings (SSSR count). The van der Waals surface area contributed by atoms with Crippen LogP contribution in [0.25, 0.3) is 0 Å². The van der Waals surface area contributed by atoms with Crippen LogP contribution in [-0.2, 0) is 28.6 Å². The Bertz CT molecular complexity index is 1980. The molecule has 0 bridgehead atoms. The van der Waals surface area contributed by atoms with Crippen molar-refractivity contribution in [2.45, 2.75) is 44.2 Å². The number of halogens is 1. The number of hydrogen-bond donors (Lipinski definition) is 1. The van der Waals surface area contributed by atoms with E-state index in [4.69, 9.17) is 11.6 Å². The molecule has 3 aromatic carbocycles. The molecule has 4 atom stereocenters. The third-order valence-electron chi connectivity index (χ3n) is 9.47. The maximum absolute atomic E-state index is 15.1. The molecule has 0 radical (unpaired) electrons. The Labute approximate surface area is 251 Å². The van der Waals surface area contributed by atoms with Gasteiger partial charge in [0, 0.05) is 18.0 Å². The van der Waals surface area contributed by atoms with E-state index in [1.54, 1.807) is 38.1 Å². The van der Waals surface area contributed by atoms with Crippen LogP contribution in [0, 0.1) is 19.8 Å². The Morgan fingerprint density at radius 1 is 0.907 bits per heavy atom. The molecule has 10 heteroatoms. The van der Waals surface area contributed by atoms with Gasteiger partial charge in [0.05, 0.1) is 29.6 Å². The van der Waals surface area contributed by atoms with Gasteiger partial charge in [0.2, 0.25) is 11.8 Å². The summed E-state index contributed by atoms with van der Waals surface area (Å²) in [5.41, 5.74) is 1.54. The number of aromatic nitrogens is 3. The maximum Gasteiger partial charge on any atom is 0.347 e. The third kappa shape index (κ3) is 3.57. The van der Waals surface area contributed by atoms with Crippen LogP contribution in [0.15, 0.2) is 88.0 Å². The van der Waals surface area contributed by atoms with Crippen molar-refractivity contribution in [1.29, 1.82) is 0 Å². The Kier molecular flexibility index (Phi) is 5.97. The number of anilines is 1. The first kappa shape index (κ1) is 27.2. The van der Waals surface area contributed by atoms with Gasteiger partial charge < -0.3 is 5.11 Å². The van der Waals surface area contributed by atoms with Gasteiger partial charge in [-0.25, -0.2) is 28.4 Å². The number of allylic oxidation sites excluding steroid dienone is 2. The van der Waals surface area contributed by atoms with Crippen LogP contribution in [0.1, 0.15) is 40.6 Å². The van der Waals surface area contributed by atoms with Crippen LogP contribution in [0.5, 0.6) is 5.75 Å². The molecule has 4 aromatic rings. The van der Waals surface area contributed by atoms with Crippen molar-refractivity contribution in [3.05, 3.63) is 127 Å². The summed E-state index contributed by atoms with van der Waals surface area (Å²) in [6, 6.07) is 19.1. The van der Waals surface area contributed by atoms with Crippen LogP contribution >= 0.6 is 11.6 Å². The molecule has 1 saturated heterocycles. The van der Waals surface area contributed by atoms with E-state index < -0.39 is 40.6 Å². The summed E-state index contributed by atoms with van der Waals surface area (Å²) in [5.74, 6) is -2.19. The number of amides is 2. The molecule has 218 valence electrons. The highest BCUT2D eigenvalue weighted by Crippen LogP contribution is 2.62. The third-order valence-corrected chi connectivity index (χ3v) is 9.70. The van der Waals surface area contributed by atoms with Crippen molar-refractivity contribution in [2.24, 2.45) is 13.0 Å². The van der Waals surface area contributed by atoms with Crippen molar-refractivity contribution >= 4 is 29.1 Å². The van der Waals surface area contributed by atoms with Crippen molar-refractivity contribution in [3.63, 3.8) is 0 Å². The Balaban J connectivity index is 1.57. The first-order valence-electron chi connectivity index (χ1n) is 14.1. The van der Waals surface area contributed by atoms with Gasteiger partial charge in [-0.3, -0.25) is 9.59 Å².